The summed E-state index contributed by atoms with van der Waals surface area (Å²) in [4.78, 5) is 44.6. The number of aryl methyl sites for hydroxylation is 1. The van der Waals surface area contributed by atoms with Crippen LogP contribution < -0.4 is 11.5 Å². The number of carbonyl (C=O) groups is 3. The van der Waals surface area contributed by atoms with E-state index in [1.807, 2.05) is 0 Å². The van der Waals surface area contributed by atoms with Crippen molar-refractivity contribution in [2.75, 3.05) is 11.5 Å². The van der Waals surface area contributed by atoms with Crippen LogP contribution in [-0.4, -0.2) is 70.3 Å². The van der Waals surface area contributed by atoms with Crippen molar-refractivity contribution in [3.8, 4) is 0 Å². The third-order valence-corrected chi connectivity index (χ3v) is 6.73. The van der Waals surface area contributed by atoms with Gasteiger partial charge in [0.2, 0.25) is 11.7 Å². The van der Waals surface area contributed by atoms with E-state index in [2.05, 4.69) is 15.1 Å². The van der Waals surface area contributed by atoms with Crippen LogP contribution in [0.5, 0.6) is 0 Å². The first-order chi connectivity index (χ1) is 13.3. The van der Waals surface area contributed by atoms with Crippen LogP contribution in [0, 0.1) is 6.92 Å². The highest BCUT2D eigenvalue weighted by atomic mass is 32.2. The fourth-order valence-corrected chi connectivity index (χ4v) is 5.40. The molecule has 13 heteroatoms. The van der Waals surface area contributed by atoms with E-state index in [9.17, 15) is 19.5 Å². The topological polar surface area (TPSA) is 170 Å². The predicted octanol–water partition coefficient (Wildman–Crippen LogP) is -0.795. The number of rotatable bonds is 5. The second-order valence-corrected chi connectivity index (χ2v) is 8.33. The summed E-state index contributed by atoms with van der Waals surface area (Å²) in [6.07, 6.45) is 0. The van der Waals surface area contributed by atoms with Crippen LogP contribution in [0.25, 0.3) is 5.78 Å². The average Bonchev–Trinajstić information content (AvgIpc) is 3.10. The van der Waals surface area contributed by atoms with E-state index in [1.54, 1.807) is 13.0 Å². The third-order valence-electron chi connectivity index (χ3n) is 4.37. The lowest BCUT2D eigenvalue weighted by atomic mass is 10.0. The molecule has 0 saturated carbocycles. The van der Waals surface area contributed by atoms with E-state index in [1.165, 1.54) is 32.9 Å². The molecule has 2 aromatic rings. The Hall–Kier alpha value is -2.64. The molecule has 4 heterocycles. The number of primary amides is 1. The van der Waals surface area contributed by atoms with Gasteiger partial charge in [0.15, 0.2) is 0 Å². The van der Waals surface area contributed by atoms with E-state index >= 15 is 0 Å². The molecule has 146 valence electrons. The monoisotopic (exact) mass is 421 g/mol. The molecule has 11 nitrogen and oxygen atoms in total. The van der Waals surface area contributed by atoms with Gasteiger partial charge in [-0.15, -0.1) is 28.6 Å². The van der Waals surface area contributed by atoms with Crippen LogP contribution in [0.4, 0.5) is 0 Å². The summed E-state index contributed by atoms with van der Waals surface area (Å²) in [7, 11) is 0. The number of nitrogens with two attached hydrogens (primary N) is 2. The van der Waals surface area contributed by atoms with Crippen molar-refractivity contribution in [2.24, 2.45) is 11.5 Å². The van der Waals surface area contributed by atoms with Gasteiger partial charge in [-0.3, -0.25) is 14.5 Å². The van der Waals surface area contributed by atoms with Crippen LogP contribution >= 0.6 is 23.5 Å². The minimum Gasteiger partial charge on any atom is -0.477 e. The molecule has 0 spiro atoms. The molecule has 0 aromatic carbocycles. The van der Waals surface area contributed by atoms with Crippen molar-refractivity contribution in [1.82, 2.24) is 24.5 Å². The van der Waals surface area contributed by atoms with Gasteiger partial charge in [-0.05, 0) is 18.6 Å². The van der Waals surface area contributed by atoms with Gasteiger partial charge in [0, 0.05) is 17.2 Å². The highest BCUT2D eigenvalue weighted by molar-refractivity contribution is 8.01. The number of thioether (sulfide) groups is 2. The first-order valence-corrected chi connectivity index (χ1v) is 10.1. The minimum atomic E-state index is -1.15. The van der Waals surface area contributed by atoms with Gasteiger partial charge in [-0.2, -0.15) is 4.98 Å². The Morgan fingerprint density at radius 3 is 2.86 bits per heavy atom. The number of carbonyl (C=O) groups excluding carboxylic acids is 2. The van der Waals surface area contributed by atoms with Gasteiger partial charge in [0.25, 0.3) is 11.7 Å². The van der Waals surface area contributed by atoms with Gasteiger partial charge in [0.05, 0.1) is 0 Å². The number of aliphatic carboxylic acids is 1. The zero-order chi connectivity index (χ0) is 20.2. The lowest BCUT2D eigenvalue weighted by Crippen LogP contribution is -2.68. The highest BCUT2D eigenvalue weighted by Crippen LogP contribution is 2.40. The summed E-state index contributed by atoms with van der Waals surface area (Å²) in [6, 6.07) is 1.09. The zero-order valence-corrected chi connectivity index (χ0v) is 16.2. The molecule has 1 saturated heterocycles. The Kier molecular flexibility index (Phi) is 4.51. The highest BCUT2D eigenvalue weighted by Gasteiger charge is 2.51. The first kappa shape index (κ1) is 18.7. The second-order valence-electron chi connectivity index (χ2n) is 6.23. The number of amides is 2. The van der Waals surface area contributed by atoms with Crippen molar-refractivity contribution >= 4 is 47.1 Å². The molecule has 5 N–H and O–H groups in total. The van der Waals surface area contributed by atoms with E-state index in [4.69, 9.17) is 11.5 Å². The molecule has 2 aromatic heterocycles. The average molecular weight is 421 g/mol. The van der Waals surface area contributed by atoms with Crippen molar-refractivity contribution in [3.05, 3.63) is 28.9 Å². The normalized spacial score (nSPS) is 21.6. The summed E-state index contributed by atoms with van der Waals surface area (Å²) < 4.78 is 1.41. The lowest BCUT2D eigenvalue weighted by Gasteiger charge is -2.48. The Morgan fingerprint density at radius 2 is 2.18 bits per heavy atom. The Bertz CT molecular complexity index is 1070. The van der Waals surface area contributed by atoms with Crippen molar-refractivity contribution in [2.45, 2.75) is 23.4 Å². The number of carboxylic acid groups (broad SMARTS) is 1. The number of hydrogen-bond acceptors (Lipinski definition) is 9. The fraction of sp³-hybridized carbons (Fsp3) is 0.333. The molecule has 2 amide bonds. The molecule has 0 radical (unpaired) electrons. The smallest absolute Gasteiger partial charge is 0.352 e. The number of fused-ring (bicyclic) bond motifs is 2. The van der Waals surface area contributed by atoms with Crippen LogP contribution in [0.2, 0.25) is 0 Å². The van der Waals surface area contributed by atoms with E-state index < -0.39 is 17.9 Å². The van der Waals surface area contributed by atoms with Crippen LogP contribution in [0.3, 0.4) is 0 Å². The van der Waals surface area contributed by atoms with Gasteiger partial charge in [0.1, 0.15) is 22.1 Å². The van der Waals surface area contributed by atoms with Crippen LogP contribution in [0.15, 0.2) is 22.4 Å². The lowest BCUT2D eigenvalue weighted by molar-refractivity contribution is -0.147. The van der Waals surface area contributed by atoms with Gasteiger partial charge >= 0.3 is 5.97 Å². The molecule has 0 aliphatic carbocycles. The molecule has 2 atom stereocenters. The Labute approximate surface area is 166 Å². The van der Waals surface area contributed by atoms with Crippen LogP contribution in [0.1, 0.15) is 16.3 Å². The largest absolute Gasteiger partial charge is 0.477 e. The van der Waals surface area contributed by atoms with Crippen molar-refractivity contribution < 1.29 is 19.5 Å². The van der Waals surface area contributed by atoms with Crippen LogP contribution in [-0.2, 0) is 9.59 Å². The van der Waals surface area contributed by atoms with E-state index in [0.717, 1.165) is 0 Å². The second kappa shape index (κ2) is 6.76. The predicted molar refractivity (Wildman–Crippen MR) is 100 cm³/mol. The van der Waals surface area contributed by atoms with Crippen molar-refractivity contribution in [1.29, 1.82) is 0 Å². The van der Waals surface area contributed by atoms with Gasteiger partial charge in [-0.1, -0.05) is 0 Å². The van der Waals surface area contributed by atoms with Gasteiger partial charge in [-0.25, -0.2) is 14.3 Å². The van der Waals surface area contributed by atoms with Gasteiger partial charge < -0.3 is 16.6 Å². The SMILES string of the molecule is Cc1cc(SCC2=C(C(=O)O)N3C(=O)[C@@H](N)[C@H]3SC2)nc2nc(C(N)=O)nn12. The maximum atomic E-state index is 12.0. The standard InChI is InChI=1S/C15H15N7O4S2/c1-5-2-7(18-15-19-11(10(17)23)20-22(5)15)27-3-6-4-28-13-8(16)12(24)21(13)9(6)14(25)26/h2,8,13H,3-4,16H2,1H3,(H2,17,23)(H,25,26)/t8-,13-/m1/s1. The summed E-state index contributed by atoms with van der Waals surface area (Å²) in [6.45, 7) is 1.78. The molecule has 0 unspecified atom stereocenters. The molecule has 0 bridgehead atoms. The molecule has 2 aliphatic heterocycles. The molecular weight excluding hydrogens is 406 g/mol. The summed E-state index contributed by atoms with van der Waals surface area (Å²) in [5, 5.41) is 13.8. The molecule has 1 fully saturated rings. The number of aromatic nitrogens is 4. The Balaban J connectivity index is 1.60. The third kappa shape index (κ3) is 2.91. The molecule has 4 rings (SSSR count). The molecular formula is C15H15N7O4S2. The molecule has 28 heavy (non-hydrogen) atoms. The zero-order valence-electron chi connectivity index (χ0n) is 14.5. The fourth-order valence-electron chi connectivity index (χ4n) is 3.01. The number of β-lactam (4-membered cyclic amide) rings is 1. The van der Waals surface area contributed by atoms with Crippen molar-refractivity contribution in [3.63, 3.8) is 0 Å². The maximum absolute atomic E-state index is 12.0. The Morgan fingerprint density at radius 1 is 1.43 bits per heavy atom. The van der Waals surface area contributed by atoms with E-state index in [0.29, 0.717) is 27.8 Å². The summed E-state index contributed by atoms with van der Waals surface area (Å²) >= 11 is 2.76. The first-order valence-electron chi connectivity index (χ1n) is 8.10. The quantitative estimate of drug-likeness (QED) is 0.316. The molecule has 2 aliphatic rings. The summed E-state index contributed by atoms with van der Waals surface area (Å²) in [5.41, 5.74) is 12.3. The summed E-state index contributed by atoms with van der Waals surface area (Å²) in [5.74, 6) is -1.38. The number of nitrogens with zero attached hydrogens (tertiary/aromatic N) is 5. The number of carboxylic acids is 1. The number of hydrogen-bond donors (Lipinski definition) is 3. The van der Waals surface area contributed by atoms with E-state index in [-0.39, 0.29) is 28.6 Å². The minimum absolute atomic E-state index is 0.000701. The maximum Gasteiger partial charge on any atom is 0.352 e.